The molecule has 0 aromatic rings. The summed E-state index contributed by atoms with van der Waals surface area (Å²) in [6, 6.07) is -0.984. The highest BCUT2D eigenvalue weighted by Crippen LogP contribution is 2.23. The second-order valence-corrected chi connectivity index (χ2v) is 15.1. The largest absolute Gasteiger partial charge is 0.394 e. The summed E-state index contributed by atoms with van der Waals surface area (Å²) < 4.78 is 11.1. The highest BCUT2D eigenvalue weighted by Gasteiger charge is 2.44. The standard InChI is InChI=1S/C39H77NO9/c1-4-5-6-7-8-9-10-11-12-13-18-21-24-27-34(43)40-31(29-48-39-38(47)37(46)36(45)33(28-41)49-39)35(44)32(42)26-23-20-17-15-14-16-19-22-25-30(2)3/h30-33,35-39,41-42,44-47H,4-29H2,1-3H3,(H,40,43)/t31-,32+,33+,35-,36+,37-,38+,39+/m0/s1. The third kappa shape index (κ3) is 22.0. The fourth-order valence-corrected chi connectivity index (χ4v) is 6.62. The minimum Gasteiger partial charge on any atom is -0.394 e. The first kappa shape index (κ1) is 46.2. The number of rotatable bonds is 32. The molecule has 0 unspecified atom stereocenters. The lowest BCUT2D eigenvalue weighted by Crippen LogP contribution is -2.60. The Labute approximate surface area is 298 Å². The Morgan fingerprint density at radius 2 is 1.14 bits per heavy atom. The number of carbonyl (C=O) groups excluding carboxylic acids is 1. The SMILES string of the molecule is CCCCCCCCCCCCCCCC(=O)N[C@@H](CO[C@@H]1O[C@H](CO)[C@@H](O)[C@H](O)[C@H]1O)[C@H](O)[C@H](O)CCCCCCCCCCC(C)C. The van der Waals surface area contributed by atoms with Gasteiger partial charge in [-0.15, -0.1) is 0 Å². The van der Waals surface area contributed by atoms with Crippen molar-refractivity contribution < 1.29 is 44.9 Å². The molecule has 1 aliphatic rings. The minimum absolute atomic E-state index is 0.259. The van der Waals surface area contributed by atoms with Gasteiger partial charge in [-0.05, 0) is 18.8 Å². The lowest BCUT2D eigenvalue weighted by Gasteiger charge is -2.40. The minimum atomic E-state index is -1.60. The molecule has 0 aromatic heterocycles. The molecular formula is C39H77NO9. The van der Waals surface area contributed by atoms with E-state index in [0.29, 0.717) is 6.42 Å². The van der Waals surface area contributed by atoms with Crippen LogP contribution in [0.2, 0.25) is 0 Å². The summed E-state index contributed by atoms with van der Waals surface area (Å²) in [5, 5.41) is 64.8. The first-order chi connectivity index (χ1) is 23.6. The molecule has 1 fully saturated rings. The van der Waals surface area contributed by atoms with Crippen molar-refractivity contribution in [1.82, 2.24) is 5.32 Å². The van der Waals surface area contributed by atoms with Crippen LogP contribution in [-0.2, 0) is 14.3 Å². The summed E-state index contributed by atoms with van der Waals surface area (Å²) in [6.07, 6.45) is 17.0. The van der Waals surface area contributed by atoms with Crippen molar-refractivity contribution in [3.8, 4) is 0 Å². The predicted molar refractivity (Wildman–Crippen MR) is 195 cm³/mol. The van der Waals surface area contributed by atoms with E-state index in [0.717, 1.165) is 57.3 Å². The fraction of sp³-hybridized carbons (Fsp3) is 0.974. The van der Waals surface area contributed by atoms with Gasteiger partial charge >= 0.3 is 0 Å². The molecule has 292 valence electrons. The van der Waals surface area contributed by atoms with Crippen LogP contribution in [0.5, 0.6) is 0 Å². The summed E-state index contributed by atoms with van der Waals surface area (Å²) in [4.78, 5) is 12.9. The first-order valence-corrected chi connectivity index (χ1v) is 20.2. The maximum Gasteiger partial charge on any atom is 0.220 e. The predicted octanol–water partition coefficient (Wildman–Crippen LogP) is 6.05. The summed E-state index contributed by atoms with van der Waals surface area (Å²) in [6.45, 7) is 5.86. The van der Waals surface area contributed by atoms with E-state index in [1.54, 1.807) is 0 Å². The van der Waals surface area contributed by atoms with Crippen LogP contribution >= 0.6 is 0 Å². The van der Waals surface area contributed by atoms with Crippen LogP contribution in [0.15, 0.2) is 0 Å². The van der Waals surface area contributed by atoms with Crippen LogP contribution in [0.3, 0.4) is 0 Å². The van der Waals surface area contributed by atoms with Crippen molar-refractivity contribution in [3.63, 3.8) is 0 Å². The number of ether oxygens (including phenoxy) is 2. The number of nitrogens with one attached hydrogen (secondary N) is 1. The summed E-state index contributed by atoms with van der Waals surface area (Å²) in [5.41, 5.74) is 0. The zero-order valence-electron chi connectivity index (χ0n) is 31.5. The summed E-state index contributed by atoms with van der Waals surface area (Å²) in [7, 11) is 0. The molecule has 0 saturated carbocycles. The third-order valence-corrected chi connectivity index (χ3v) is 9.98. The van der Waals surface area contributed by atoms with Gasteiger partial charge in [0.15, 0.2) is 6.29 Å². The number of amides is 1. The van der Waals surface area contributed by atoms with Gasteiger partial charge in [-0.2, -0.15) is 0 Å². The number of hydrogen-bond acceptors (Lipinski definition) is 9. The topological polar surface area (TPSA) is 169 Å². The molecule has 0 spiro atoms. The number of unbranched alkanes of at least 4 members (excludes halogenated alkanes) is 19. The van der Waals surface area contributed by atoms with Crippen molar-refractivity contribution >= 4 is 5.91 Å². The zero-order chi connectivity index (χ0) is 36.3. The van der Waals surface area contributed by atoms with Gasteiger partial charge < -0.3 is 45.4 Å². The van der Waals surface area contributed by atoms with Crippen LogP contribution in [0, 0.1) is 5.92 Å². The molecule has 1 heterocycles. The molecule has 10 heteroatoms. The van der Waals surface area contributed by atoms with Crippen molar-refractivity contribution in [1.29, 1.82) is 0 Å². The Kier molecular flexibility index (Phi) is 28.0. The highest BCUT2D eigenvalue weighted by atomic mass is 16.7. The second-order valence-electron chi connectivity index (χ2n) is 15.1. The lowest BCUT2D eigenvalue weighted by atomic mass is 9.98. The number of hydrogen-bond donors (Lipinski definition) is 7. The van der Waals surface area contributed by atoms with E-state index in [2.05, 4.69) is 26.1 Å². The average Bonchev–Trinajstić information content (AvgIpc) is 3.08. The normalized spacial score (nSPS) is 23.1. The molecule has 1 saturated heterocycles. The number of aliphatic hydroxyl groups excluding tert-OH is 6. The molecule has 1 rings (SSSR count). The second kappa shape index (κ2) is 29.7. The van der Waals surface area contributed by atoms with Gasteiger partial charge in [0.05, 0.1) is 25.4 Å². The Morgan fingerprint density at radius 3 is 1.63 bits per heavy atom. The van der Waals surface area contributed by atoms with Gasteiger partial charge in [-0.25, -0.2) is 0 Å². The van der Waals surface area contributed by atoms with Crippen LogP contribution < -0.4 is 5.32 Å². The van der Waals surface area contributed by atoms with Crippen LogP contribution in [0.1, 0.15) is 175 Å². The smallest absolute Gasteiger partial charge is 0.220 e. The molecule has 49 heavy (non-hydrogen) atoms. The fourth-order valence-electron chi connectivity index (χ4n) is 6.62. The molecule has 0 aromatic carbocycles. The lowest BCUT2D eigenvalue weighted by molar-refractivity contribution is -0.303. The number of carbonyl (C=O) groups is 1. The van der Waals surface area contributed by atoms with Gasteiger partial charge in [-0.1, -0.05) is 156 Å². The van der Waals surface area contributed by atoms with E-state index in [-0.39, 0.29) is 18.9 Å². The molecule has 8 atom stereocenters. The van der Waals surface area contributed by atoms with Crippen molar-refractivity contribution in [3.05, 3.63) is 0 Å². The summed E-state index contributed by atoms with van der Waals surface area (Å²) in [5.74, 6) is 0.503. The van der Waals surface area contributed by atoms with Gasteiger partial charge in [0.2, 0.25) is 5.91 Å². The molecule has 7 N–H and O–H groups in total. The summed E-state index contributed by atoms with van der Waals surface area (Å²) >= 11 is 0. The number of aliphatic hydroxyl groups is 6. The average molecular weight is 704 g/mol. The van der Waals surface area contributed by atoms with Crippen LogP contribution in [-0.4, -0.2) is 98.7 Å². The van der Waals surface area contributed by atoms with Gasteiger partial charge in [-0.3, -0.25) is 4.79 Å². The van der Waals surface area contributed by atoms with E-state index < -0.39 is 55.6 Å². The molecule has 0 radical (unpaired) electrons. The van der Waals surface area contributed by atoms with E-state index >= 15 is 0 Å². The van der Waals surface area contributed by atoms with Crippen molar-refractivity contribution in [2.75, 3.05) is 13.2 Å². The van der Waals surface area contributed by atoms with Crippen molar-refractivity contribution in [2.24, 2.45) is 5.92 Å². The molecule has 0 bridgehead atoms. The Bertz CT molecular complexity index is 771. The molecular weight excluding hydrogens is 626 g/mol. The molecule has 0 aliphatic carbocycles. The Morgan fingerprint density at radius 1 is 0.673 bits per heavy atom. The maximum atomic E-state index is 12.9. The van der Waals surface area contributed by atoms with Crippen LogP contribution in [0.25, 0.3) is 0 Å². The van der Waals surface area contributed by atoms with E-state index in [4.69, 9.17) is 9.47 Å². The van der Waals surface area contributed by atoms with E-state index in [9.17, 15) is 35.4 Å². The Balaban J connectivity index is 2.48. The van der Waals surface area contributed by atoms with Crippen molar-refractivity contribution in [2.45, 2.75) is 224 Å². The van der Waals surface area contributed by atoms with Gasteiger partial charge in [0.25, 0.3) is 0 Å². The van der Waals surface area contributed by atoms with Gasteiger partial charge in [0, 0.05) is 6.42 Å². The maximum absolute atomic E-state index is 12.9. The quantitative estimate of drug-likeness (QED) is 0.0413. The van der Waals surface area contributed by atoms with Crippen LogP contribution in [0.4, 0.5) is 0 Å². The third-order valence-electron chi connectivity index (χ3n) is 9.98. The molecule has 1 aliphatic heterocycles. The first-order valence-electron chi connectivity index (χ1n) is 20.2. The highest BCUT2D eigenvalue weighted by molar-refractivity contribution is 5.76. The zero-order valence-corrected chi connectivity index (χ0v) is 31.5. The van der Waals surface area contributed by atoms with Gasteiger partial charge in [0.1, 0.15) is 30.5 Å². The molecule has 10 nitrogen and oxygen atoms in total. The van der Waals surface area contributed by atoms with E-state index in [1.165, 1.54) is 89.9 Å². The monoisotopic (exact) mass is 704 g/mol. The Hall–Kier alpha value is -0.850. The molecule has 1 amide bonds. The van der Waals surface area contributed by atoms with E-state index in [1.807, 2.05) is 0 Å².